The predicted octanol–water partition coefficient (Wildman–Crippen LogP) is -0.0956. The van der Waals surface area contributed by atoms with Crippen LogP contribution in [0.2, 0.25) is 0 Å². The summed E-state index contributed by atoms with van der Waals surface area (Å²) in [6, 6.07) is -0.362. The maximum atomic E-state index is 11.9. The predicted molar refractivity (Wildman–Crippen MR) is 70.3 cm³/mol. The van der Waals surface area contributed by atoms with E-state index in [2.05, 4.69) is 20.9 Å². The SMILES string of the molecule is CNC(=O)NC(=O)C(C)N(C)C1CCCNCC1. The number of hydrogen-bond donors (Lipinski definition) is 3. The summed E-state index contributed by atoms with van der Waals surface area (Å²) in [5.41, 5.74) is 0. The molecule has 0 aromatic heterocycles. The van der Waals surface area contributed by atoms with Crippen molar-refractivity contribution in [1.82, 2.24) is 20.9 Å². The van der Waals surface area contributed by atoms with Crippen LogP contribution in [0, 0.1) is 0 Å². The van der Waals surface area contributed by atoms with Gasteiger partial charge in [-0.15, -0.1) is 0 Å². The van der Waals surface area contributed by atoms with E-state index in [0.29, 0.717) is 6.04 Å². The molecule has 0 radical (unpaired) electrons. The number of carbonyl (C=O) groups is 2. The molecule has 3 N–H and O–H groups in total. The lowest BCUT2D eigenvalue weighted by atomic mass is 10.1. The molecule has 104 valence electrons. The van der Waals surface area contributed by atoms with E-state index in [4.69, 9.17) is 0 Å². The summed E-state index contributed by atoms with van der Waals surface area (Å²) in [4.78, 5) is 25.0. The molecule has 0 spiro atoms. The van der Waals surface area contributed by atoms with Gasteiger partial charge in [-0.3, -0.25) is 15.0 Å². The van der Waals surface area contributed by atoms with E-state index in [-0.39, 0.29) is 11.9 Å². The van der Waals surface area contributed by atoms with Gasteiger partial charge in [0.05, 0.1) is 6.04 Å². The smallest absolute Gasteiger partial charge is 0.321 e. The Bertz CT molecular complexity index is 288. The highest BCUT2D eigenvalue weighted by Gasteiger charge is 2.26. The van der Waals surface area contributed by atoms with Crippen molar-refractivity contribution < 1.29 is 9.59 Å². The quantitative estimate of drug-likeness (QED) is 0.659. The maximum absolute atomic E-state index is 11.9. The number of carbonyl (C=O) groups excluding carboxylic acids is 2. The number of nitrogens with zero attached hydrogens (tertiary/aromatic N) is 1. The molecule has 1 saturated heterocycles. The van der Waals surface area contributed by atoms with Gasteiger partial charge in [-0.25, -0.2) is 4.79 Å². The number of hydrogen-bond acceptors (Lipinski definition) is 4. The molecule has 1 aliphatic rings. The first-order valence-corrected chi connectivity index (χ1v) is 6.51. The first kappa shape index (κ1) is 14.9. The zero-order chi connectivity index (χ0) is 13.5. The molecule has 1 heterocycles. The minimum absolute atomic E-state index is 0.256. The minimum Gasteiger partial charge on any atom is -0.341 e. The van der Waals surface area contributed by atoms with Crippen molar-refractivity contribution in [3.05, 3.63) is 0 Å². The number of rotatable bonds is 3. The molecule has 18 heavy (non-hydrogen) atoms. The second kappa shape index (κ2) is 7.33. The van der Waals surface area contributed by atoms with Crippen LogP contribution in [0.3, 0.4) is 0 Å². The molecule has 0 aliphatic carbocycles. The topological polar surface area (TPSA) is 73.5 Å². The van der Waals surface area contributed by atoms with Crippen LogP contribution in [0.25, 0.3) is 0 Å². The normalized spacial score (nSPS) is 22.1. The lowest BCUT2D eigenvalue weighted by molar-refractivity contribution is -0.125. The van der Waals surface area contributed by atoms with E-state index >= 15 is 0 Å². The van der Waals surface area contributed by atoms with Gasteiger partial charge in [-0.1, -0.05) is 0 Å². The molecule has 6 heteroatoms. The average Bonchev–Trinajstić information content (AvgIpc) is 2.65. The minimum atomic E-state index is -0.456. The Labute approximate surface area is 108 Å². The van der Waals surface area contributed by atoms with Crippen molar-refractivity contribution >= 4 is 11.9 Å². The average molecular weight is 256 g/mol. The lowest BCUT2D eigenvalue weighted by Crippen LogP contribution is -2.50. The van der Waals surface area contributed by atoms with Gasteiger partial charge in [-0.2, -0.15) is 0 Å². The van der Waals surface area contributed by atoms with Crippen LogP contribution >= 0.6 is 0 Å². The monoisotopic (exact) mass is 256 g/mol. The molecule has 3 amide bonds. The fraction of sp³-hybridized carbons (Fsp3) is 0.833. The molecular weight excluding hydrogens is 232 g/mol. The molecule has 0 saturated carbocycles. The Hall–Kier alpha value is -1.14. The van der Waals surface area contributed by atoms with Gasteiger partial charge in [0.1, 0.15) is 0 Å². The van der Waals surface area contributed by atoms with E-state index in [1.165, 1.54) is 7.05 Å². The molecule has 6 nitrogen and oxygen atoms in total. The van der Waals surface area contributed by atoms with Crippen molar-refractivity contribution in [3.63, 3.8) is 0 Å². The number of likely N-dealkylation sites (N-methyl/N-ethyl adjacent to an activating group) is 1. The molecule has 0 aromatic rings. The van der Waals surface area contributed by atoms with Crippen molar-refractivity contribution in [2.24, 2.45) is 0 Å². The highest BCUT2D eigenvalue weighted by atomic mass is 16.2. The number of amides is 3. The Morgan fingerprint density at radius 1 is 1.33 bits per heavy atom. The molecule has 1 rings (SSSR count). The Morgan fingerprint density at radius 2 is 2.06 bits per heavy atom. The molecule has 1 aliphatic heterocycles. The van der Waals surface area contributed by atoms with Crippen LogP contribution in [0.5, 0.6) is 0 Å². The summed E-state index contributed by atoms with van der Waals surface area (Å²) >= 11 is 0. The summed E-state index contributed by atoms with van der Waals surface area (Å²) in [7, 11) is 3.44. The third kappa shape index (κ3) is 4.27. The summed E-state index contributed by atoms with van der Waals surface area (Å²) in [6.07, 6.45) is 3.24. The van der Waals surface area contributed by atoms with E-state index < -0.39 is 6.03 Å². The summed E-state index contributed by atoms with van der Waals surface area (Å²) < 4.78 is 0. The van der Waals surface area contributed by atoms with E-state index in [1.54, 1.807) is 0 Å². The zero-order valence-electron chi connectivity index (χ0n) is 11.5. The third-order valence-corrected chi connectivity index (χ3v) is 3.58. The van der Waals surface area contributed by atoms with Crippen LogP contribution in [-0.4, -0.2) is 56.1 Å². The highest BCUT2D eigenvalue weighted by Crippen LogP contribution is 2.14. The second-order valence-electron chi connectivity index (χ2n) is 4.74. The van der Waals surface area contributed by atoms with Crippen LogP contribution in [0.4, 0.5) is 4.79 Å². The van der Waals surface area contributed by atoms with E-state index in [1.807, 2.05) is 14.0 Å². The van der Waals surface area contributed by atoms with Crippen LogP contribution in [-0.2, 0) is 4.79 Å². The number of urea groups is 1. The van der Waals surface area contributed by atoms with Gasteiger partial charge in [-0.05, 0) is 46.3 Å². The first-order valence-electron chi connectivity index (χ1n) is 6.51. The van der Waals surface area contributed by atoms with Crippen LogP contribution < -0.4 is 16.0 Å². The lowest BCUT2D eigenvalue weighted by Gasteiger charge is -2.31. The molecule has 2 atom stereocenters. The van der Waals surface area contributed by atoms with E-state index in [0.717, 1.165) is 32.4 Å². The van der Waals surface area contributed by atoms with Gasteiger partial charge in [0.2, 0.25) is 5.91 Å². The van der Waals surface area contributed by atoms with E-state index in [9.17, 15) is 9.59 Å². The highest BCUT2D eigenvalue weighted by molar-refractivity contribution is 5.96. The van der Waals surface area contributed by atoms with Crippen LogP contribution in [0.15, 0.2) is 0 Å². The van der Waals surface area contributed by atoms with Crippen molar-refractivity contribution in [1.29, 1.82) is 0 Å². The standard InChI is InChI=1S/C12H24N4O2/c1-9(11(17)15-12(18)13-2)16(3)10-5-4-7-14-8-6-10/h9-10,14H,4-8H2,1-3H3,(H2,13,15,17,18). The number of nitrogens with one attached hydrogen (secondary N) is 3. The molecular formula is C12H24N4O2. The Morgan fingerprint density at radius 3 is 2.72 bits per heavy atom. The van der Waals surface area contributed by atoms with Gasteiger partial charge in [0.15, 0.2) is 0 Å². The zero-order valence-corrected chi connectivity index (χ0v) is 11.5. The fourth-order valence-corrected chi connectivity index (χ4v) is 2.19. The van der Waals surface area contributed by atoms with Gasteiger partial charge in [0.25, 0.3) is 0 Å². The maximum Gasteiger partial charge on any atom is 0.321 e. The summed E-state index contributed by atoms with van der Waals surface area (Å²) in [5.74, 6) is -0.256. The molecule has 2 unspecified atom stereocenters. The summed E-state index contributed by atoms with van der Waals surface area (Å²) in [5, 5.41) is 8.05. The molecule has 0 bridgehead atoms. The third-order valence-electron chi connectivity index (χ3n) is 3.58. The van der Waals surface area contributed by atoms with Crippen LogP contribution in [0.1, 0.15) is 26.2 Å². The fourth-order valence-electron chi connectivity index (χ4n) is 2.19. The number of imide groups is 1. The van der Waals surface area contributed by atoms with Crippen molar-refractivity contribution in [2.75, 3.05) is 27.2 Å². The van der Waals surface area contributed by atoms with Gasteiger partial charge < -0.3 is 10.6 Å². The first-order chi connectivity index (χ1) is 8.56. The summed E-state index contributed by atoms with van der Waals surface area (Å²) in [6.45, 7) is 3.86. The van der Waals surface area contributed by atoms with Gasteiger partial charge in [0, 0.05) is 13.1 Å². The Balaban J connectivity index is 2.50. The largest absolute Gasteiger partial charge is 0.341 e. The molecule has 1 fully saturated rings. The second-order valence-corrected chi connectivity index (χ2v) is 4.74. The van der Waals surface area contributed by atoms with Gasteiger partial charge >= 0.3 is 6.03 Å². The Kier molecular flexibility index (Phi) is 6.07. The van der Waals surface area contributed by atoms with Crippen molar-refractivity contribution in [3.8, 4) is 0 Å². The van der Waals surface area contributed by atoms with Crippen molar-refractivity contribution in [2.45, 2.75) is 38.3 Å². The molecule has 0 aromatic carbocycles.